The lowest BCUT2D eigenvalue weighted by Gasteiger charge is -2.05. The first-order valence-corrected chi connectivity index (χ1v) is 6.34. The highest BCUT2D eigenvalue weighted by atomic mass is 16.4. The zero-order chi connectivity index (χ0) is 14.4. The Hall–Kier alpha value is -2.56. The first-order chi connectivity index (χ1) is 9.50. The molecule has 102 valence electrons. The van der Waals surface area contributed by atoms with Gasteiger partial charge in [0.1, 0.15) is 5.56 Å². The van der Waals surface area contributed by atoms with Crippen molar-refractivity contribution in [2.24, 2.45) is 7.05 Å². The second-order valence-electron chi connectivity index (χ2n) is 4.96. The Kier molecular flexibility index (Phi) is 2.64. The van der Waals surface area contributed by atoms with Crippen molar-refractivity contribution in [3.05, 3.63) is 41.2 Å². The third-order valence-electron chi connectivity index (χ3n) is 3.64. The summed E-state index contributed by atoms with van der Waals surface area (Å²) in [4.78, 5) is 14.7. The van der Waals surface area contributed by atoms with Gasteiger partial charge in [0.2, 0.25) is 0 Å². The van der Waals surface area contributed by atoms with Gasteiger partial charge in [-0.1, -0.05) is 18.2 Å². The van der Waals surface area contributed by atoms with Gasteiger partial charge in [-0.15, -0.1) is 0 Å². The second kappa shape index (κ2) is 4.23. The van der Waals surface area contributed by atoms with Gasteiger partial charge in [0.05, 0.1) is 11.9 Å². The number of H-pyrrole nitrogens is 1. The van der Waals surface area contributed by atoms with E-state index in [4.69, 9.17) is 0 Å². The van der Waals surface area contributed by atoms with E-state index in [1.165, 1.54) is 6.20 Å². The predicted octanol–water partition coefficient (Wildman–Crippen LogP) is 2.88. The van der Waals surface area contributed by atoms with E-state index in [9.17, 15) is 9.90 Å². The molecule has 0 aliphatic rings. The quantitative estimate of drug-likeness (QED) is 0.751. The number of aromatic amines is 1. The Balaban J connectivity index is 2.41. The molecule has 0 saturated carbocycles. The molecular weight excluding hydrogens is 254 g/mol. The average Bonchev–Trinajstić information content (AvgIpc) is 2.90. The summed E-state index contributed by atoms with van der Waals surface area (Å²) in [5.41, 5.74) is 4.87. The van der Waals surface area contributed by atoms with Gasteiger partial charge < -0.3 is 10.1 Å². The molecule has 0 saturated heterocycles. The second-order valence-corrected chi connectivity index (χ2v) is 4.96. The lowest BCUT2D eigenvalue weighted by atomic mass is 10.0. The van der Waals surface area contributed by atoms with E-state index >= 15 is 0 Å². The molecule has 0 radical (unpaired) electrons. The van der Waals surface area contributed by atoms with E-state index in [2.05, 4.69) is 10.1 Å². The van der Waals surface area contributed by atoms with Crippen LogP contribution in [0.3, 0.4) is 0 Å². The van der Waals surface area contributed by atoms with E-state index in [1.54, 1.807) is 11.7 Å². The lowest BCUT2D eigenvalue weighted by molar-refractivity contribution is 0.0697. The van der Waals surface area contributed by atoms with Crippen molar-refractivity contribution in [3.63, 3.8) is 0 Å². The number of rotatable bonds is 2. The molecule has 0 fully saturated rings. The molecule has 2 aromatic heterocycles. The summed E-state index contributed by atoms with van der Waals surface area (Å²) in [5.74, 6) is -0.963. The maximum absolute atomic E-state index is 11.4. The van der Waals surface area contributed by atoms with Crippen LogP contribution in [0.4, 0.5) is 0 Å². The third kappa shape index (κ3) is 1.63. The highest BCUT2D eigenvalue weighted by molar-refractivity contribution is 6.04. The molecule has 0 aliphatic heterocycles. The molecule has 0 unspecified atom stereocenters. The van der Waals surface area contributed by atoms with E-state index in [0.29, 0.717) is 5.69 Å². The third-order valence-corrected chi connectivity index (χ3v) is 3.64. The van der Waals surface area contributed by atoms with Crippen LogP contribution in [-0.2, 0) is 7.05 Å². The van der Waals surface area contributed by atoms with Crippen molar-refractivity contribution in [1.29, 1.82) is 0 Å². The van der Waals surface area contributed by atoms with Crippen molar-refractivity contribution in [2.75, 3.05) is 0 Å². The summed E-state index contributed by atoms with van der Waals surface area (Å²) in [6.45, 7) is 3.98. The molecule has 0 spiro atoms. The standard InChI is InChI=1S/C15H15N3O2/c1-8-5-4-6-10-12(9(2)17-13(8)10)14-11(15(19)20)7-16-18(14)3/h4-7,17H,1-3H3,(H,19,20). The fraction of sp³-hybridized carbons (Fsp3) is 0.200. The minimum Gasteiger partial charge on any atom is -0.478 e. The van der Waals surface area contributed by atoms with Crippen LogP contribution in [0, 0.1) is 13.8 Å². The number of aromatic nitrogens is 3. The minimum absolute atomic E-state index is 0.220. The predicted molar refractivity (Wildman–Crippen MR) is 76.9 cm³/mol. The van der Waals surface area contributed by atoms with Crippen LogP contribution in [0.2, 0.25) is 0 Å². The molecule has 20 heavy (non-hydrogen) atoms. The van der Waals surface area contributed by atoms with Crippen molar-refractivity contribution in [1.82, 2.24) is 14.8 Å². The number of hydrogen-bond donors (Lipinski definition) is 2. The monoisotopic (exact) mass is 269 g/mol. The molecule has 0 amide bonds. The Bertz CT molecular complexity index is 827. The molecule has 2 heterocycles. The van der Waals surface area contributed by atoms with Crippen molar-refractivity contribution >= 4 is 16.9 Å². The number of nitrogens with one attached hydrogen (secondary N) is 1. The Morgan fingerprint density at radius 3 is 2.80 bits per heavy atom. The van der Waals surface area contributed by atoms with Crippen LogP contribution in [0.5, 0.6) is 0 Å². The van der Waals surface area contributed by atoms with Crippen molar-refractivity contribution in [2.45, 2.75) is 13.8 Å². The van der Waals surface area contributed by atoms with Crippen molar-refractivity contribution < 1.29 is 9.90 Å². The van der Waals surface area contributed by atoms with E-state index < -0.39 is 5.97 Å². The summed E-state index contributed by atoms with van der Waals surface area (Å²) >= 11 is 0. The van der Waals surface area contributed by atoms with Gasteiger partial charge in [0.15, 0.2) is 0 Å². The van der Waals surface area contributed by atoms with Crippen LogP contribution in [0.25, 0.3) is 22.2 Å². The molecule has 2 N–H and O–H groups in total. The van der Waals surface area contributed by atoms with E-state index in [0.717, 1.165) is 27.7 Å². The topological polar surface area (TPSA) is 70.9 Å². The zero-order valence-electron chi connectivity index (χ0n) is 11.6. The average molecular weight is 269 g/mol. The van der Waals surface area contributed by atoms with Gasteiger partial charge >= 0.3 is 5.97 Å². The summed E-state index contributed by atoms with van der Waals surface area (Å²) in [7, 11) is 1.76. The van der Waals surface area contributed by atoms with Crippen molar-refractivity contribution in [3.8, 4) is 11.3 Å². The zero-order valence-corrected chi connectivity index (χ0v) is 11.6. The molecule has 5 heteroatoms. The van der Waals surface area contributed by atoms with Crippen LogP contribution in [0.15, 0.2) is 24.4 Å². The van der Waals surface area contributed by atoms with Crippen LogP contribution in [-0.4, -0.2) is 25.8 Å². The Morgan fingerprint density at radius 1 is 1.35 bits per heavy atom. The Labute approximate surface area is 115 Å². The van der Waals surface area contributed by atoms with Gasteiger partial charge in [0, 0.05) is 29.2 Å². The molecular formula is C15H15N3O2. The number of carboxylic acids is 1. The number of fused-ring (bicyclic) bond motifs is 1. The highest BCUT2D eigenvalue weighted by Crippen LogP contribution is 2.34. The first kappa shape index (κ1) is 12.5. The van der Waals surface area contributed by atoms with Crippen LogP contribution in [0.1, 0.15) is 21.6 Å². The normalized spacial score (nSPS) is 11.2. The van der Waals surface area contributed by atoms with Crippen LogP contribution < -0.4 is 0 Å². The maximum atomic E-state index is 11.4. The smallest absolute Gasteiger partial charge is 0.339 e. The van der Waals surface area contributed by atoms with Crippen LogP contribution >= 0.6 is 0 Å². The fourth-order valence-corrected chi connectivity index (χ4v) is 2.69. The molecule has 3 aromatic rings. The summed E-state index contributed by atoms with van der Waals surface area (Å²) in [5, 5.41) is 14.4. The molecule has 0 aliphatic carbocycles. The number of carbonyl (C=O) groups is 1. The molecule has 0 atom stereocenters. The molecule has 3 rings (SSSR count). The number of aromatic carboxylic acids is 1. The lowest BCUT2D eigenvalue weighted by Crippen LogP contribution is -2.01. The summed E-state index contributed by atoms with van der Waals surface area (Å²) < 4.78 is 1.61. The van der Waals surface area contributed by atoms with E-state index in [-0.39, 0.29) is 5.56 Å². The fourth-order valence-electron chi connectivity index (χ4n) is 2.69. The molecule has 5 nitrogen and oxygen atoms in total. The van der Waals surface area contributed by atoms with Gasteiger partial charge in [-0.2, -0.15) is 5.10 Å². The van der Waals surface area contributed by atoms with Gasteiger partial charge in [-0.3, -0.25) is 4.68 Å². The SMILES string of the molecule is Cc1[nH]c2c(C)cccc2c1-c1c(C(=O)O)cnn1C. The van der Waals surface area contributed by atoms with Gasteiger partial charge in [-0.25, -0.2) is 4.79 Å². The first-order valence-electron chi connectivity index (χ1n) is 6.34. The minimum atomic E-state index is -0.963. The Morgan fingerprint density at radius 2 is 2.10 bits per heavy atom. The highest BCUT2D eigenvalue weighted by Gasteiger charge is 2.21. The number of carboxylic acid groups (broad SMARTS) is 1. The summed E-state index contributed by atoms with van der Waals surface area (Å²) in [6, 6.07) is 6.01. The largest absolute Gasteiger partial charge is 0.478 e. The number of benzene rings is 1. The maximum Gasteiger partial charge on any atom is 0.339 e. The molecule has 0 bridgehead atoms. The number of aryl methyl sites for hydroxylation is 3. The van der Waals surface area contributed by atoms with Gasteiger partial charge in [0.25, 0.3) is 0 Å². The number of nitrogens with zero attached hydrogens (tertiary/aromatic N) is 2. The summed E-state index contributed by atoms with van der Waals surface area (Å²) in [6.07, 6.45) is 1.39. The van der Waals surface area contributed by atoms with Gasteiger partial charge in [-0.05, 0) is 19.4 Å². The van der Waals surface area contributed by atoms with E-state index in [1.807, 2.05) is 32.0 Å². The molecule has 1 aromatic carbocycles. The number of para-hydroxylation sites is 1. The number of hydrogen-bond acceptors (Lipinski definition) is 2.